The molecular formula is C16H12N4O4. The normalized spacial score (nSPS) is 10.7. The summed E-state index contributed by atoms with van der Waals surface area (Å²) in [7, 11) is 0. The highest BCUT2D eigenvalue weighted by Gasteiger charge is 2.15. The Morgan fingerprint density at radius 2 is 1.88 bits per heavy atom. The van der Waals surface area contributed by atoms with E-state index in [1.807, 2.05) is 0 Å². The number of hydrogen-bond acceptors (Lipinski definition) is 5. The Labute approximate surface area is 135 Å². The van der Waals surface area contributed by atoms with Crippen molar-refractivity contribution < 1.29 is 9.72 Å². The number of aromatic nitrogens is 2. The molecule has 0 atom stereocenters. The van der Waals surface area contributed by atoms with E-state index >= 15 is 0 Å². The number of nitro groups is 1. The van der Waals surface area contributed by atoms with Crippen molar-refractivity contribution in [2.24, 2.45) is 5.73 Å². The van der Waals surface area contributed by atoms with E-state index in [0.29, 0.717) is 22.0 Å². The molecule has 0 aliphatic carbocycles. The minimum Gasteiger partial charge on any atom is -0.368 e. The van der Waals surface area contributed by atoms with Gasteiger partial charge >= 0.3 is 0 Å². The Bertz CT molecular complexity index is 1030. The van der Waals surface area contributed by atoms with Crippen LogP contribution in [0.3, 0.4) is 0 Å². The first-order valence-electron chi connectivity index (χ1n) is 7.00. The van der Waals surface area contributed by atoms with E-state index in [-0.39, 0.29) is 12.2 Å². The molecule has 3 rings (SSSR count). The zero-order chi connectivity index (χ0) is 17.3. The third-order valence-corrected chi connectivity index (χ3v) is 3.50. The maximum Gasteiger partial charge on any atom is 0.275 e. The van der Waals surface area contributed by atoms with Crippen LogP contribution in [0.2, 0.25) is 0 Å². The second kappa shape index (κ2) is 5.92. The molecule has 0 bridgehead atoms. The third kappa shape index (κ3) is 2.72. The maximum absolute atomic E-state index is 12.4. The molecule has 0 aliphatic rings. The second-order valence-electron chi connectivity index (χ2n) is 5.13. The van der Waals surface area contributed by atoms with Crippen LogP contribution in [0.4, 0.5) is 5.69 Å². The Morgan fingerprint density at radius 3 is 2.54 bits per heavy atom. The Balaban J connectivity index is 2.32. The van der Waals surface area contributed by atoms with Crippen molar-refractivity contribution in [2.45, 2.75) is 6.54 Å². The summed E-state index contributed by atoms with van der Waals surface area (Å²) in [6, 6.07) is 12.7. The average molecular weight is 324 g/mol. The summed E-state index contributed by atoms with van der Waals surface area (Å²) in [6.07, 6.45) is 0. The van der Waals surface area contributed by atoms with E-state index in [1.165, 1.54) is 18.2 Å². The smallest absolute Gasteiger partial charge is 0.275 e. The fraction of sp³-hybridized carbons (Fsp3) is 0.0625. The van der Waals surface area contributed by atoms with Crippen molar-refractivity contribution >= 4 is 22.4 Å². The van der Waals surface area contributed by atoms with E-state index < -0.39 is 16.4 Å². The number of primary amides is 1. The molecule has 0 fully saturated rings. The number of nitro benzene ring substituents is 1. The summed E-state index contributed by atoms with van der Waals surface area (Å²) in [5, 5.41) is 16.1. The van der Waals surface area contributed by atoms with E-state index in [1.54, 1.807) is 30.3 Å². The van der Waals surface area contributed by atoms with Gasteiger partial charge in [0.05, 0.1) is 16.0 Å². The van der Waals surface area contributed by atoms with Gasteiger partial charge in [-0.15, -0.1) is 0 Å². The second-order valence-corrected chi connectivity index (χ2v) is 5.13. The van der Waals surface area contributed by atoms with Crippen LogP contribution >= 0.6 is 0 Å². The van der Waals surface area contributed by atoms with Gasteiger partial charge < -0.3 is 5.73 Å². The van der Waals surface area contributed by atoms with Gasteiger partial charge in [-0.05, 0) is 6.07 Å². The molecule has 120 valence electrons. The molecule has 8 nitrogen and oxygen atoms in total. The van der Waals surface area contributed by atoms with Gasteiger partial charge in [0, 0.05) is 23.1 Å². The van der Waals surface area contributed by atoms with Gasteiger partial charge in [-0.2, -0.15) is 5.10 Å². The molecule has 1 aromatic heterocycles. The Hall–Kier alpha value is -3.55. The summed E-state index contributed by atoms with van der Waals surface area (Å²) < 4.78 is 0.971. The van der Waals surface area contributed by atoms with Crippen molar-refractivity contribution in [2.75, 3.05) is 0 Å². The molecular weight excluding hydrogens is 312 g/mol. The minimum atomic E-state index is -0.704. The van der Waals surface area contributed by atoms with Crippen molar-refractivity contribution in [1.82, 2.24) is 9.78 Å². The number of carbonyl (C=O) groups excluding carboxylic acids is 1. The largest absolute Gasteiger partial charge is 0.368 e. The van der Waals surface area contributed by atoms with Crippen molar-refractivity contribution in [3.8, 4) is 11.3 Å². The number of nitrogens with zero attached hydrogens (tertiary/aromatic N) is 3. The monoisotopic (exact) mass is 324 g/mol. The summed E-state index contributed by atoms with van der Waals surface area (Å²) in [5.74, 6) is -0.704. The number of hydrogen-bond donors (Lipinski definition) is 1. The van der Waals surface area contributed by atoms with Gasteiger partial charge in [0.1, 0.15) is 6.54 Å². The standard InChI is InChI=1S/C16H12N4O4/c17-14(21)9-19-16(22)13-7-2-1-6-12(13)15(18-19)10-4-3-5-11(8-10)20(23)24/h1-8H,9H2,(H2,17,21). The summed E-state index contributed by atoms with van der Waals surface area (Å²) >= 11 is 0. The van der Waals surface area contributed by atoms with E-state index in [2.05, 4.69) is 5.10 Å². The molecule has 24 heavy (non-hydrogen) atoms. The lowest BCUT2D eigenvalue weighted by Crippen LogP contribution is -2.30. The molecule has 2 aromatic carbocycles. The first-order valence-corrected chi connectivity index (χ1v) is 7.00. The van der Waals surface area contributed by atoms with Crippen LogP contribution in [0.15, 0.2) is 53.3 Å². The SMILES string of the molecule is NC(=O)Cn1nc(-c2cccc([N+](=O)[O-])c2)c2ccccc2c1=O. The molecule has 0 saturated heterocycles. The number of rotatable bonds is 4. The van der Waals surface area contributed by atoms with Gasteiger partial charge in [0.25, 0.3) is 11.2 Å². The number of non-ortho nitro benzene ring substituents is 1. The lowest BCUT2D eigenvalue weighted by Gasteiger charge is -2.10. The highest BCUT2D eigenvalue weighted by Crippen LogP contribution is 2.27. The van der Waals surface area contributed by atoms with Crippen LogP contribution in [0, 0.1) is 10.1 Å². The molecule has 0 saturated carbocycles. The first-order chi connectivity index (χ1) is 11.5. The number of carbonyl (C=O) groups is 1. The van der Waals surface area contributed by atoms with Crippen LogP contribution < -0.4 is 11.3 Å². The molecule has 1 amide bonds. The Morgan fingerprint density at radius 1 is 1.17 bits per heavy atom. The maximum atomic E-state index is 12.4. The van der Waals surface area contributed by atoms with Crippen LogP contribution in [0.5, 0.6) is 0 Å². The predicted molar refractivity (Wildman–Crippen MR) is 87.3 cm³/mol. The lowest BCUT2D eigenvalue weighted by molar-refractivity contribution is -0.384. The van der Waals surface area contributed by atoms with Crippen LogP contribution in [-0.2, 0) is 11.3 Å². The summed E-state index contributed by atoms with van der Waals surface area (Å²) in [4.78, 5) is 34.1. The Kier molecular flexibility index (Phi) is 3.78. The fourth-order valence-electron chi connectivity index (χ4n) is 2.47. The molecule has 8 heteroatoms. The highest BCUT2D eigenvalue weighted by atomic mass is 16.6. The van der Waals surface area contributed by atoms with Crippen LogP contribution in [0.1, 0.15) is 0 Å². The van der Waals surface area contributed by atoms with Gasteiger partial charge in [-0.3, -0.25) is 19.7 Å². The van der Waals surface area contributed by atoms with Crippen molar-refractivity contribution in [3.63, 3.8) is 0 Å². The molecule has 2 N–H and O–H groups in total. The van der Waals surface area contributed by atoms with Gasteiger partial charge in [-0.1, -0.05) is 30.3 Å². The lowest BCUT2D eigenvalue weighted by atomic mass is 10.0. The highest BCUT2D eigenvalue weighted by molar-refractivity contribution is 5.94. The fourth-order valence-corrected chi connectivity index (χ4v) is 2.47. The molecule has 3 aromatic rings. The molecule has 1 heterocycles. The van der Waals surface area contributed by atoms with Crippen LogP contribution in [-0.4, -0.2) is 20.6 Å². The topological polar surface area (TPSA) is 121 Å². The molecule has 0 unspecified atom stereocenters. The number of nitrogens with two attached hydrogens (primary N) is 1. The zero-order valence-electron chi connectivity index (χ0n) is 12.4. The van der Waals surface area contributed by atoms with E-state index in [0.717, 1.165) is 4.68 Å². The van der Waals surface area contributed by atoms with Gasteiger partial charge in [0.2, 0.25) is 5.91 Å². The third-order valence-electron chi connectivity index (χ3n) is 3.50. The number of benzene rings is 2. The molecule has 0 aliphatic heterocycles. The van der Waals surface area contributed by atoms with E-state index in [9.17, 15) is 19.7 Å². The number of amides is 1. The zero-order valence-corrected chi connectivity index (χ0v) is 12.4. The van der Waals surface area contributed by atoms with Gasteiger partial charge in [0.15, 0.2) is 0 Å². The van der Waals surface area contributed by atoms with Crippen LogP contribution in [0.25, 0.3) is 22.0 Å². The van der Waals surface area contributed by atoms with E-state index in [4.69, 9.17) is 5.73 Å². The summed E-state index contributed by atoms with van der Waals surface area (Å²) in [6.45, 7) is -0.369. The quantitative estimate of drug-likeness (QED) is 0.575. The summed E-state index contributed by atoms with van der Waals surface area (Å²) in [5.41, 5.74) is 5.47. The minimum absolute atomic E-state index is 0.0916. The molecule has 0 spiro atoms. The van der Waals surface area contributed by atoms with Gasteiger partial charge in [-0.25, -0.2) is 4.68 Å². The average Bonchev–Trinajstić information content (AvgIpc) is 2.57. The predicted octanol–water partition coefficient (Wildman–Crippen LogP) is 1.46. The molecule has 0 radical (unpaired) electrons. The van der Waals surface area contributed by atoms with Crippen molar-refractivity contribution in [1.29, 1.82) is 0 Å². The first kappa shape index (κ1) is 15.3. The number of fused-ring (bicyclic) bond motifs is 1. The van der Waals surface area contributed by atoms with Crippen molar-refractivity contribution in [3.05, 3.63) is 69.0 Å².